The summed E-state index contributed by atoms with van der Waals surface area (Å²) in [4.78, 5) is 0. The highest BCUT2D eigenvalue weighted by Gasteiger charge is 2.37. The molecule has 2 aliphatic rings. The maximum atomic E-state index is 6.05. The molecule has 0 amide bonds. The smallest absolute Gasteiger partial charge is 0.253 e. The molecule has 12 heteroatoms. The van der Waals surface area contributed by atoms with Crippen molar-refractivity contribution in [2.24, 2.45) is 13.5 Å². The van der Waals surface area contributed by atoms with E-state index in [1.807, 2.05) is 11.7 Å². The molecule has 1 saturated heterocycles. The van der Waals surface area contributed by atoms with Gasteiger partial charge in [0.05, 0.1) is 0 Å². The summed E-state index contributed by atoms with van der Waals surface area (Å²) >= 11 is 24.2. The second-order valence-electron chi connectivity index (χ2n) is 3.39. The number of nitrogens with zero attached hydrogens (tertiary/aromatic N) is 4. The number of nitrogens with one attached hydrogen (secondary N) is 1. The maximum Gasteiger partial charge on any atom is 0.257 e. The third-order valence-electron chi connectivity index (χ3n) is 2.14. The highest BCUT2D eigenvalue weighted by molar-refractivity contribution is 8.20. The lowest BCUT2D eigenvalue weighted by molar-refractivity contribution is 0.480. The minimum atomic E-state index is -2.80. The lowest BCUT2D eigenvalue weighted by Gasteiger charge is -2.37. The van der Waals surface area contributed by atoms with Gasteiger partial charge < -0.3 is 0 Å². The number of rotatable bonds is 0. The monoisotopic (exact) mass is 361 g/mol. The highest BCUT2D eigenvalue weighted by Crippen LogP contribution is 2.84. The second kappa shape index (κ2) is 4.71. The molecule has 2 aliphatic heterocycles. The van der Waals surface area contributed by atoms with Crippen LogP contribution in [0.25, 0.3) is 0 Å². The van der Waals surface area contributed by atoms with Crippen LogP contribution in [0.5, 0.6) is 0 Å². The molecule has 1 fully saturated rings. The molecular formula is C4H10Cl4N5P3. The van der Waals surface area contributed by atoms with Crippen LogP contribution in [-0.2, 0) is 0 Å². The molecule has 0 aromatic heterocycles. The van der Waals surface area contributed by atoms with Crippen molar-refractivity contribution in [1.82, 2.24) is 9.76 Å². The van der Waals surface area contributed by atoms with E-state index in [0.717, 1.165) is 19.5 Å². The first kappa shape index (κ1) is 14.2. The van der Waals surface area contributed by atoms with E-state index < -0.39 is 19.3 Å². The van der Waals surface area contributed by atoms with Crippen LogP contribution in [0.3, 0.4) is 0 Å². The fraction of sp³-hybridized carbons (Fsp3) is 1.00. The van der Waals surface area contributed by atoms with Gasteiger partial charge in [0.2, 0.25) is 7.51 Å². The van der Waals surface area contributed by atoms with Gasteiger partial charge in [0.15, 0.2) is 0 Å². The first-order valence-electron chi connectivity index (χ1n) is 4.42. The van der Waals surface area contributed by atoms with Crippen LogP contribution in [0.1, 0.15) is 6.42 Å². The highest BCUT2D eigenvalue weighted by atomic mass is 35.9. The third kappa shape index (κ3) is 3.02. The summed E-state index contributed by atoms with van der Waals surface area (Å²) in [6.07, 6.45) is 1.02. The molecular weight excluding hydrogens is 353 g/mol. The predicted octanol–water partition coefficient (Wildman–Crippen LogP) is 5.72. The Bertz CT molecular complexity index is 455. The molecule has 1 N–H and O–H groups in total. The van der Waals surface area contributed by atoms with E-state index in [-0.39, 0.29) is 0 Å². The lowest BCUT2D eigenvalue weighted by Crippen LogP contribution is -2.32. The summed E-state index contributed by atoms with van der Waals surface area (Å²) in [6, 6.07) is 0. The molecule has 0 aromatic rings. The van der Waals surface area contributed by atoms with Gasteiger partial charge in [0.25, 0.3) is 11.8 Å². The minimum Gasteiger partial charge on any atom is -0.253 e. The number of hydrogen-bond donors (Lipinski definition) is 1. The van der Waals surface area contributed by atoms with Crippen molar-refractivity contribution in [3.05, 3.63) is 0 Å². The fourth-order valence-corrected chi connectivity index (χ4v) is 17.2. The Kier molecular flexibility index (Phi) is 4.17. The van der Waals surface area contributed by atoms with Crippen LogP contribution in [0, 0.1) is 0 Å². The average Bonchev–Trinajstić information content (AvgIpc) is 2.04. The summed E-state index contributed by atoms with van der Waals surface area (Å²) < 4.78 is 14.7. The molecule has 0 bridgehead atoms. The Morgan fingerprint density at radius 3 is 2.25 bits per heavy atom. The van der Waals surface area contributed by atoms with Gasteiger partial charge in [0.1, 0.15) is 0 Å². The summed E-state index contributed by atoms with van der Waals surface area (Å²) in [5.41, 5.74) is 0. The van der Waals surface area contributed by atoms with Crippen LogP contribution in [0.15, 0.2) is 13.5 Å². The SMILES string of the molecule is CN1CCCNP12=NP(Cl)(Cl)=NP(Cl)(Cl)=N2. The van der Waals surface area contributed by atoms with Crippen LogP contribution in [-0.4, -0.2) is 24.8 Å². The van der Waals surface area contributed by atoms with Gasteiger partial charge >= 0.3 is 0 Å². The largest absolute Gasteiger partial charge is 0.257 e. The van der Waals surface area contributed by atoms with Gasteiger partial charge in [-0.1, -0.05) is 0 Å². The zero-order valence-electron chi connectivity index (χ0n) is 8.26. The van der Waals surface area contributed by atoms with E-state index in [0.29, 0.717) is 0 Å². The van der Waals surface area contributed by atoms with Crippen molar-refractivity contribution in [1.29, 1.82) is 0 Å². The van der Waals surface area contributed by atoms with Gasteiger partial charge in [-0.15, -0.1) is 0 Å². The van der Waals surface area contributed by atoms with E-state index >= 15 is 0 Å². The first-order valence-corrected chi connectivity index (χ1v) is 13.1. The Morgan fingerprint density at radius 2 is 1.69 bits per heavy atom. The molecule has 2 rings (SSSR count). The molecule has 0 radical (unpaired) electrons. The minimum absolute atomic E-state index is 0.812. The van der Waals surface area contributed by atoms with E-state index in [1.54, 1.807) is 0 Å². The van der Waals surface area contributed by atoms with Gasteiger partial charge in [-0.2, -0.15) is 13.5 Å². The van der Waals surface area contributed by atoms with Gasteiger partial charge in [-0.3, -0.25) is 5.09 Å². The Labute approximate surface area is 114 Å². The molecule has 1 spiro atoms. The summed E-state index contributed by atoms with van der Waals surface area (Å²) in [7, 11) is -0.391. The summed E-state index contributed by atoms with van der Waals surface area (Å²) in [5.74, 6) is -5.60. The maximum absolute atomic E-state index is 6.05. The molecule has 2 heterocycles. The Balaban J connectivity index is 2.62. The van der Waals surface area contributed by atoms with Crippen molar-refractivity contribution in [3.8, 4) is 0 Å². The zero-order valence-corrected chi connectivity index (χ0v) is 14.0. The predicted molar refractivity (Wildman–Crippen MR) is 76.7 cm³/mol. The normalized spacial score (nSPS) is 37.3. The standard InChI is InChI=1S/C4H10Cl4N5P3/c1-13-4-2-3-9-16(13)11-14(5,6)10-15(7,8)12-16/h9H,2-4H2,1H3. The average molecular weight is 363 g/mol. The number of halogens is 4. The van der Waals surface area contributed by atoms with Crippen molar-refractivity contribution < 1.29 is 0 Å². The first-order chi connectivity index (χ1) is 7.25. The van der Waals surface area contributed by atoms with Crippen LogP contribution < -0.4 is 5.09 Å². The van der Waals surface area contributed by atoms with Gasteiger partial charge in [-0.25, -0.2) is 4.67 Å². The lowest BCUT2D eigenvalue weighted by atomic mass is 10.4. The van der Waals surface area contributed by atoms with Crippen molar-refractivity contribution >= 4 is 64.3 Å². The quantitative estimate of drug-likeness (QED) is 0.560. The Morgan fingerprint density at radius 1 is 1.06 bits per heavy atom. The summed E-state index contributed by atoms with van der Waals surface area (Å²) in [5, 5.41) is 3.26. The molecule has 1 atom stereocenters. The van der Waals surface area contributed by atoms with E-state index in [2.05, 4.69) is 18.6 Å². The van der Waals surface area contributed by atoms with E-state index in [1.165, 1.54) is 0 Å². The van der Waals surface area contributed by atoms with Crippen LogP contribution in [0.4, 0.5) is 0 Å². The topological polar surface area (TPSA) is 52.3 Å². The molecule has 0 saturated carbocycles. The molecule has 5 nitrogen and oxygen atoms in total. The second-order valence-corrected chi connectivity index (χ2v) is 16.2. The molecule has 94 valence electrons. The molecule has 1 unspecified atom stereocenters. The van der Waals surface area contributed by atoms with Crippen molar-refractivity contribution in [2.45, 2.75) is 6.42 Å². The van der Waals surface area contributed by atoms with Gasteiger partial charge in [0, 0.05) is 13.1 Å². The van der Waals surface area contributed by atoms with Crippen LogP contribution in [0.2, 0.25) is 0 Å². The van der Waals surface area contributed by atoms with Crippen molar-refractivity contribution in [3.63, 3.8) is 0 Å². The van der Waals surface area contributed by atoms with Gasteiger partial charge in [-0.05, 0) is 58.4 Å². The van der Waals surface area contributed by atoms with E-state index in [9.17, 15) is 0 Å². The van der Waals surface area contributed by atoms with Crippen LogP contribution >= 0.6 is 64.3 Å². The fourth-order valence-electron chi connectivity index (χ4n) is 1.48. The zero-order chi connectivity index (χ0) is 12.0. The third-order valence-corrected chi connectivity index (χ3v) is 14.2. The molecule has 0 aromatic carbocycles. The van der Waals surface area contributed by atoms with E-state index in [4.69, 9.17) is 45.0 Å². The number of hydrogen-bond acceptors (Lipinski definition) is 5. The van der Waals surface area contributed by atoms with Crippen molar-refractivity contribution in [2.75, 3.05) is 20.1 Å². The molecule has 16 heavy (non-hydrogen) atoms. The Hall–Kier alpha value is 1.77. The summed E-state index contributed by atoms with van der Waals surface area (Å²) in [6.45, 7) is 1.68. The molecule has 0 aliphatic carbocycles.